The molecule has 1 fully saturated rings. The zero-order chi connectivity index (χ0) is 13.8. The fraction of sp³-hybridized carbons (Fsp3) is 0.714. The Bertz CT molecular complexity index is 425. The topological polar surface area (TPSA) is 53.4 Å². The van der Waals surface area contributed by atoms with E-state index in [1.54, 1.807) is 11.3 Å². The highest BCUT2D eigenvalue weighted by atomic mass is 32.1. The van der Waals surface area contributed by atoms with E-state index < -0.39 is 5.97 Å². The molecule has 1 unspecified atom stereocenters. The molecule has 1 N–H and O–H groups in total. The summed E-state index contributed by atoms with van der Waals surface area (Å²) in [5.41, 5.74) is 1.12. The van der Waals surface area contributed by atoms with Crippen LogP contribution >= 0.6 is 11.3 Å². The van der Waals surface area contributed by atoms with Crippen LogP contribution in [0.15, 0.2) is 0 Å². The van der Waals surface area contributed by atoms with E-state index in [1.807, 2.05) is 6.92 Å². The number of carboxylic acids is 1. The van der Waals surface area contributed by atoms with Crippen molar-refractivity contribution in [1.82, 2.24) is 9.88 Å². The van der Waals surface area contributed by atoms with Crippen LogP contribution in [0.1, 0.15) is 47.7 Å². The number of hydrogen-bond acceptors (Lipinski definition) is 4. The van der Waals surface area contributed by atoms with Crippen LogP contribution in [0, 0.1) is 13.8 Å². The van der Waals surface area contributed by atoms with E-state index in [0.717, 1.165) is 36.6 Å². The Morgan fingerprint density at radius 3 is 2.89 bits per heavy atom. The van der Waals surface area contributed by atoms with Crippen molar-refractivity contribution >= 4 is 17.3 Å². The molecule has 106 valence electrons. The molecule has 0 aliphatic carbocycles. The molecular formula is C14H22N2O2S. The lowest BCUT2D eigenvalue weighted by Crippen LogP contribution is -2.39. The third-order valence-corrected chi connectivity index (χ3v) is 4.91. The Labute approximate surface area is 118 Å². The molecule has 19 heavy (non-hydrogen) atoms. The molecule has 2 heterocycles. The van der Waals surface area contributed by atoms with Gasteiger partial charge >= 0.3 is 5.97 Å². The van der Waals surface area contributed by atoms with Gasteiger partial charge in [-0.15, -0.1) is 11.3 Å². The molecule has 4 nitrogen and oxygen atoms in total. The largest absolute Gasteiger partial charge is 0.481 e. The predicted molar refractivity (Wildman–Crippen MR) is 76.5 cm³/mol. The molecule has 1 aliphatic heterocycles. The third-order valence-electron chi connectivity index (χ3n) is 3.85. The van der Waals surface area contributed by atoms with Crippen molar-refractivity contribution in [3.8, 4) is 0 Å². The number of aryl methyl sites for hydroxylation is 2. The van der Waals surface area contributed by atoms with E-state index in [9.17, 15) is 4.79 Å². The van der Waals surface area contributed by atoms with Gasteiger partial charge in [-0.25, -0.2) is 4.98 Å². The Morgan fingerprint density at radius 2 is 2.26 bits per heavy atom. The summed E-state index contributed by atoms with van der Waals surface area (Å²) in [7, 11) is 0. The van der Waals surface area contributed by atoms with Gasteiger partial charge in [0, 0.05) is 17.3 Å². The van der Waals surface area contributed by atoms with Crippen molar-refractivity contribution in [1.29, 1.82) is 0 Å². The lowest BCUT2D eigenvalue weighted by molar-refractivity contribution is -0.137. The van der Waals surface area contributed by atoms with Gasteiger partial charge < -0.3 is 5.11 Å². The first-order valence-electron chi connectivity index (χ1n) is 6.95. The van der Waals surface area contributed by atoms with Crippen molar-refractivity contribution in [2.45, 2.75) is 58.5 Å². The minimum atomic E-state index is -0.688. The molecule has 1 aromatic heterocycles. The first kappa shape index (κ1) is 14.5. The molecular weight excluding hydrogens is 260 g/mol. The fourth-order valence-electron chi connectivity index (χ4n) is 2.67. The normalized spacial score (nSPS) is 20.6. The summed E-state index contributed by atoms with van der Waals surface area (Å²) in [4.78, 5) is 19.0. The number of carboxylic acid groups (broad SMARTS) is 1. The number of aliphatic carboxylic acids is 1. The summed E-state index contributed by atoms with van der Waals surface area (Å²) >= 11 is 1.77. The van der Waals surface area contributed by atoms with Crippen molar-refractivity contribution in [3.05, 3.63) is 15.6 Å². The summed E-state index contributed by atoms with van der Waals surface area (Å²) in [6.45, 7) is 6.10. The van der Waals surface area contributed by atoms with Crippen LogP contribution in [-0.4, -0.2) is 33.5 Å². The zero-order valence-electron chi connectivity index (χ0n) is 11.7. The number of rotatable bonds is 5. The minimum absolute atomic E-state index is 0.275. The molecule has 0 radical (unpaired) electrons. The van der Waals surface area contributed by atoms with E-state index in [-0.39, 0.29) is 6.42 Å². The first-order valence-corrected chi connectivity index (χ1v) is 7.76. The van der Waals surface area contributed by atoms with Gasteiger partial charge in [0.15, 0.2) is 0 Å². The van der Waals surface area contributed by atoms with Crippen LogP contribution in [0.3, 0.4) is 0 Å². The first-order chi connectivity index (χ1) is 9.06. The lowest BCUT2D eigenvalue weighted by Gasteiger charge is -2.35. The molecule has 1 atom stereocenters. The lowest BCUT2D eigenvalue weighted by atomic mass is 9.98. The van der Waals surface area contributed by atoms with Gasteiger partial charge in [0.1, 0.15) is 5.01 Å². The SMILES string of the molecule is Cc1nc(CN2CCCCC2CCC(=O)O)sc1C. The Kier molecular flexibility index (Phi) is 4.93. The second-order valence-electron chi connectivity index (χ2n) is 5.30. The number of carbonyl (C=O) groups is 1. The van der Waals surface area contributed by atoms with Crippen molar-refractivity contribution in [2.75, 3.05) is 6.54 Å². The van der Waals surface area contributed by atoms with Crippen LogP contribution in [0.2, 0.25) is 0 Å². The van der Waals surface area contributed by atoms with E-state index in [0.29, 0.717) is 6.04 Å². The average molecular weight is 282 g/mol. The molecule has 5 heteroatoms. The predicted octanol–water partition coefficient (Wildman–Crippen LogP) is 2.98. The van der Waals surface area contributed by atoms with Crippen molar-refractivity contribution in [2.24, 2.45) is 0 Å². The van der Waals surface area contributed by atoms with Crippen LogP contribution in [0.25, 0.3) is 0 Å². The molecule has 0 amide bonds. The maximum Gasteiger partial charge on any atom is 0.303 e. The molecule has 1 saturated heterocycles. The van der Waals surface area contributed by atoms with E-state index in [1.165, 1.54) is 17.7 Å². The fourth-order valence-corrected chi connectivity index (χ4v) is 3.63. The second-order valence-corrected chi connectivity index (χ2v) is 6.59. The monoisotopic (exact) mass is 282 g/mol. The molecule has 0 aromatic carbocycles. The highest BCUT2D eigenvalue weighted by Crippen LogP contribution is 2.25. The Balaban J connectivity index is 1.96. The van der Waals surface area contributed by atoms with Crippen LogP contribution in [0.5, 0.6) is 0 Å². The van der Waals surface area contributed by atoms with Gasteiger partial charge in [0.25, 0.3) is 0 Å². The summed E-state index contributed by atoms with van der Waals surface area (Å²) in [6.07, 6.45) is 4.59. The Morgan fingerprint density at radius 1 is 1.47 bits per heavy atom. The maximum atomic E-state index is 10.7. The van der Waals surface area contributed by atoms with E-state index >= 15 is 0 Å². The van der Waals surface area contributed by atoms with E-state index in [2.05, 4.69) is 16.8 Å². The van der Waals surface area contributed by atoms with Crippen molar-refractivity contribution in [3.63, 3.8) is 0 Å². The Hall–Kier alpha value is -0.940. The minimum Gasteiger partial charge on any atom is -0.481 e. The molecule has 2 rings (SSSR count). The molecule has 1 aromatic rings. The van der Waals surface area contributed by atoms with Gasteiger partial charge in [-0.1, -0.05) is 6.42 Å². The quantitative estimate of drug-likeness (QED) is 0.902. The number of piperidine rings is 1. The number of nitrogens with zero attached hydrogens (tertiary/aromatic N) is 2. The number of likely N-dealkylation sites (tertiary alicyclic amines) is 1. The summed E-state index contributed by atoms with van der Waals surface area (Å²) in [5, 5.41) is 10.00. The number of thiazole rings is 1. The van der Waals surface area contributed by atoms with Crippen LogP contribution in [0.4, 0.5) is 0 Å². The third kappa shape index (κ3) is 4.01. The highest BCUT2D eigenvalue weighted by molar-refractivity contribution is 7.11. The standard InChI is InChI=1S/C14H22N2O2S/c1-10-11(2)19-13(15-10)9-16-8-4-3-5-12(16)6-7-14(17)18/h12H,3-9H2,1-2H3,(H,17,18). The molecule has 0 bridgehead atoms. The molecule has 1 aliphatic rings. The maximum absolute atomic E-state index is 10.7. The zero-order valence-corrected chi connectivity index (χ0v) is 12.5. The number of hydrogen-bond donors (Lipinski definition) is 1. The summed E-state index contributed by atoms with van der Waals surface area (Å²) in [5.74, 6) is -0.688. The average Bonchev–Trinajstić information content (AvgIpc) is 2.67. The number of aromatic nitrogens is 1. The molecule has 0 saturated carbocycles. The highest BCUT2D eigenvalue weighted by Gasteiger charge is 2.23. The summed E-state index contributed by atoms with van der Waals surface area (Å²) in [6, 6.07) is 0.411. The van der Waals surface area contributed by atoms with E-state index in [4.69, 9.17) is 5.11 Å². The second kappa shape index (κ2) is 6.48. The van der Waals surface area contributed by atoms with Crippen molar-refractivity contribution < 1.29 is 9.90 Å². The molecule has 0 spiro atoms. The van der Waals surface area contributed by atoms with Crippen LogP contribution < -0.4 is 0 Å². The summed E-state index contributed by atoms with van der Waals surface area (Å²) < 4.78 is 0. The van der Waals surface area contributed by atoms with Gasteiger partial charge in [-0.05, 0) is 39.7 Å². The van der Waals surface area contributed by atoms with Gasteiger partial charge in [-0.2, -0.15) is 0 Å². The van der Waals surface area contributed by atoms with Gasteiger partial charge in [0.05, 0.1) is 12.2 Å². The van der Waals surface area contributed by atoms with Gasteiger partial charge in [0.2, 0.25) is 0 Å². The van der Waals surface area contributed by atoms with Gasteiger partial charge in [-0.3, -0.25) is 9.69 Å². The van der Waals surface area contributed by atoms with Crippen LogP contribution in [-0.2, 0) is 11.3 Å². The smallest absolute Gasteiger partial charge is 0.303 e.